The normalized spacial score (nSPS) is 16.7. The number of nitrogens with one attached hydrogen (secondary N) is 1. The number of rotatable bonds is 4. The molecule has 25 heavy (non-hydrogen) atoms. The van der Waals surface area contributed by atoms with E-state index in [0.717, 1.165) is 5.56 Å². The average molecular weight is 340 g/mol. The number of aryl methyl sites for hydroxylation is 1. The highest BCUT2D eigenvalue weighted by Gasteiger charge is 2.36. The fraction of sp³-hybridized carbons (Fsp3) is 0.316. The molecular formula is C19H20N2O4. The molecule has 1 saturated heterocycles. The SMILES string of the molecule is Cc1ccc(C(=O)N2CCC[C@@H]2C(=O)OCc2ccccc2)c(=O)[nH]1. The molecule has 1 aromatic carbocycles. The van der Waals surface area contributed by atoms with Gasteiger partial charge in [-0.05, 0) is 37.5 Å². The van der Waals surface area contributed by atoms with Gasteiger partial charge < -0.3 is 14.6 Å². The molecule has 0 aliphatic carbocycles. The zero-order valence-electron chi connectivity index (χ0n) is 14.0. The van der Waals surface area contributed by atoms with Crippen LogP contribution in [0.1, 0.15) is 34.5 Å². The van der Waals surface area contributed by atoms with Crippen LogP contribution in [0.15, 0.2) is 47.3 Å². The maximum Gasteiger partial charge on any atom is 0.329 e. The highest BCUT2D eigenvalue weighted by Crippen LogP contribution is 2.21. The Hall–Kier alpha value is -2.89. The van der Waals surface area contributed by atoms with E-state index in [1.54, 1.807) is 13.0 Å². The number of carbonyl (C=O) groups is 2. The van der Waals surface area contributed by atoms with Crippen LogP contribution in [0.4, 0.5) is 0 Å². The van der Waals surface area contributed by atoms with E-state index in [1.165, 1.54) is 11.0 Å². The zero-order chi connectivity index (χ0) is 17.8. The minimum atomic E-state index is -0.642. The van der Waals surface area contributed by atoms with Crippen molar-refractivity contribution in [2.24, 2.45) is 0 Å². The monoisotopic (exact) mass is 340 g/mol. The number of hydrogen-bond donors (Lipinski definition) is 1. The summed E-state index contributed by atoms with van der Waals surface area (Å²) >= 11 is 0. The van der Waals surface area contributed by atoms with Crippen molar-refractivity contribution in [3.63, 3.8) is 0 Å². The number of aromatic nitrogens is 1. The molecule has 1 aliphatic heterocycles. The molecule has 0 radical (unpaired) electrons. The summed E-state index contributed by atoms with van der Waals surface area (Å²) in [6, 6.07) is 11.9. The lowest BCUT2D eigenvalue weighted by atomic mass is 10.2. The van der Waals surface area contributed by atoms with Gasteiger partial charge in [0.1, 0.15) is 18.2 Å². The van der Waals surface area contributed by atoms with Gasteiger partial charge in [0.2, 0.25) is 0 Å². The maximum absolute atomic E-state index is 12.7. The molecule has 130 valence electrons. The number of aromatic amines is 1. The van der Waals surface area contributed by atoms with Crippen LogP contribution in [0.2, 0.25) is 0 Å². The summed E-state index contributed by atoms with van der Waals surface area (Å²) < 4.78 is 5.36. The molecule has 0 unspecified atom stereocenters. The number of likely N-dealkylation sites (tertiary alicyclic amines) is 1. The van der Waals surface area contributed by atoms with E-state index < -0.39 is 23.5 Å². The van der Waals surface area contributed by atoms with E-state index >= 15 is 0 Å². The summed E-state index contributed by atoms with van der Waals surface area (Å²) in [5, 5.41) is 0. The van der Waals surface area contributed by atoms with Gasteiger partial charge in [0.05, 0.1) is 0 Å². The summed E-state index contributed by atoms with van der Waals surface area (Å²) in [6.45, 7) is 2.36. The van der Waals surface area contributed by atoms with E-state index in [9.17, 15) is 14.4 Å². The molecule has 3 rings (SSSR count). The van der Waals surface area contributed by atoms with Gasteiger partial charge in [-0.3, -0.25) is 9.59 Å². The molecule has 0 bridgehead atoms. The van der Waals surface area contributed by atoms with E-state index in [-0.39, 0.29) is 12.2 Å². The molecule has 1 atom stereocenters. The lowest BCUT2D eigenvalue weighted by Gasteiger charge is -2.23. The largest absolute Gasteiger partial charge is 0.459 e. The Morgan fingerprint density at radius 2 is 1.96 bits per heavy atom. The summed E-state index contributed by atoms with van der Waals surface area (Å²) in [5.41, 5.74) is 1.19. The molecule has 2 heterocycles. The van der Waals surface area contributed by atoms with Crippen molar-refractivity contribution in [2.45, 2.75) is 32.4 Å². The lowest BCUT2D eigenvalue weighted by molar-refractivity contribution is -0.149. The second kappa shape index (κ2) is 7.34. The first-order valence-corrected chi connectivity index (χ1v) is 8.28. The Morgan fingerprint density at radius 1 is 1.20 bits per heavy atom. The zero-order valence-corrected chi connectivity index (χ0v) is 14.0. The number of carbonyl (C=O) groups excluding carboxylic acids is 2. The number of esters is 1. The predicted octanol–water partition coefficient (Wildman–Crippen LogP) is 2.03. The molecule has 2 aromatic rings. The highest BCUT2D eigenvalue weighted by molar-refractivity contribution is 5.96. The molecule has 1 aliphatic rings. The van der Waals surface area contributed by atoms with Gasteiger partial charge in [0.25, 0.3) is 11.5 Å². The molecule has 1 aromatic heterocycles. The number of ether oxygens (including phenoxy) is 1. The van der Waals surface area contributed by atoms with Crippen molar-refractivity contribution in [2.75, 3.05) is 6.54 Å². The van der Waals surface area contributed by atoms with Crippen LogP contribution < -0.4 is 5.56 Å². The Labute approximate surface area is 145 Å². The summed E-state index contributed by atoms with van der Waals surface area (Å²) in [4.78, 5) is 41.1. The second-order valence-electron chi connectivity index (χ2n) is 6.13. The van der Waals surface area contributed by atoms with Crippen molar-refractivity contribution >= 4 is 11.9 Å². The molecule has 0 spiro atoms. The van der Waals surface area contributed by atoms with E-state index in [1.807, 2.05) is 30.3 Å². The number of benzene rings is 1. The molecule has 1 N–H and O–H groups in total. The molecule has 1 amide bonds. The minimum Gasteiger partial charge on any atom is -0.459 e. The van der Waals surface area contributed by atoms with Gasteiger partial charge in [-0.2, -0.15) is 0 Å². The lowest BCUT2D eigenvalue weighted by Crippen LogP contribution is -2.43. The van der Waals surface area contributed by atoms with Crippen LogP contribution in [-0.2, 0) is 16.1 Å². The van der Waals surface area contributed by atoms with Crippen LogP contribution in [0, 0.1) is 6.92 Å². The standard InChI is InChI=1S/C19H20N2O4/c1-13-9-10-15(17(22)20-13)18(23)21-11-5-8-16(21)19(24)25-12-14-6-3-2-4-7-14/h2-4,6-7,9-10,16H,5,8,11-12H2,1H3,(H,20,22)/t16-/m1/s1. The van der Waals surface area contributed by atoms with Gasteiger partial charge in [0.15, 0.2) is 0 Å². The number of H-pyrrole nitrogens is 1. The number of hydrogen-bond acceptors (Lipinski definition) is 4. The van der Waals surface area contributed by atoms with E-state index in [0.29, 0.717) is 25.1 Å². The van der Waals surface area contributed by atoms with Gasteiger partial charge in [0, 0.05) is 12.2 Å². The molecule has 0 saturated carbocycles. The Morgan fingerprint density at radius 3 is 2.68 bits per heavy atom. The number of pyridine rings is 1. The number of nitrogens with zero attached hydrogens (tertiary/aromatic N) is 1. The summed E-state index contributed by atoms with van der Waals surface area (Å²) in [7, 11) is 0. The van der Waals surface area contributed by atoms with Crippen molar-refractivity contribution in [1.29, 1.82) is 0 Å². The fourth-order valence-electron chi connectivity index (χ4n) is 2.97. The first kappa shape index (κ1) is 17.0. The topological polar surface area (TPSA) is 79.5 Å². The van der Waals surface area contributed by atoms with Crippen molar-refractivity contribution in [3.8, 4) is 0 Å². The smallest absolute Gasteiger partial charge is 0.329 e. The van der Waals surface area contributed by atoms with Crippen molar-refractivity contribution in [3.05, 3.63) is 69.6 Å². The van der Waals surface area contributed by atoms with Gasteiger partial charge >= 0.3 is 5.97 Å². The van der Waals surface area contributed by atoms with E-state index in [2.05, 4.69) is 4.98 Å². The quantitative estimate of drug-likeness (QED) is 0.864. The van der Waals surface area contributed by atoms with Crippen LogP contribution in [0.5, 0.6) is 0 Å². The van der Waals surface area contributed by atoms with Crippen LogP contribution >= 0.6 is 0 Å². The minimum absolute atomic E-state index is 0.0494. The third-order valence-corrected chi connectivity index (χ3v) is 4.30. The van der Waals surface area contributed by atoms with Gasteiger partial charge in [-0.1, -0.05) is 30.3 Å². The first-order valence-electron chi connectivity index (χ1n) is 8.28. The molecule has 1 fully saturated rings. The Kier molecular flexibility index (Phi) is 4.97. The fourth-order valence-corrected chi connectivity index (χ4v) is 2.97. The summed E-state index contributed by atoms with van der Waals surface area (Å²) in [6.07, 6.45) is 1.25. The van der Waals surface area contributed by atoms with Crippen molar-refractivity contribution < 1.29 is 14.3 Å². The van der Waals surface area contributed by atoms with Crippen LogP contribution in [0.3, 0.4) is 0 Å². The number of amides is 1. The average Bonchev–Trinajstić information content (AvgIpc) is 3.10. The Balaban J connectivity index is 1.70. The van der Waals surface area contributed by atoms with Gasteiger partial charge in [-0.15, -0.1) is 0 Å². The predicted molar refractivity (Wildman–Crippen MR) is 92.1 cm³/mol. The molecular weight excluding hydrogens is 320 g/mol. The third kappa shape index (κ3) is 3.79. The third-order valence-electron chi connectivity index (χ3n) is 4.30. The highest BCUT2D eigenvalue weighted by atomic mass is 16.5. The summed E-state index contributed by atoms with van der Waals surface area (Å²) in [5.74, 6) is -0.862. The van der Waals surface area contributed by atoms with Crippen molar-refractivity contribution in [1.82, 2.24) is 9.88 Å². The van der Waals surface area contributed by atoms with E-state index in [4.69, 9.17) is 4.74 Å². The van der Waals surface area contributed by atoms with Gasteiger partial charge in [-0.25, -0.2) is 4.79 Å². The van der Waals surface area contributed by atoms with Crippen LogP contribution in [-0.4, -0.2) is 34.3 Å². The molecule has 6 nitrogen and oxygen atoms in total. The van der Waals surface area contributed by atoms with Crippen LogP contribution in [0.25, 0.3) is 0 Å². The Bertz CT molecular complexity index is 829. The second-order valence-corrected chi connectivity index (χ2v) is 6.13. The maximum atomic E-state index is 12.7. The molecule has 6 heteroatoms. The first-order chi connectivity index (χ1) is 12.1.